The Balaban J connectivity index is 2.00. The average Bonchev–Trinajstić information content (AvgIpc) is 2.95. The van der Waals surface area contributed by atoms with Crippen LogP contribution >= 0.6 is 11.3 Å². The van der Waals surface area contributed by atoms with E-state index in [0.29, 0.717) is 42.7 Å². The first-order valence-corrected chi connectivity index (χ1v) is 10.7. The van der Waals surface area contributed by atoms with E-state index in [1.165, 1.54) is 20.5 Å². The Labute approximate surface area is 172 Å². The van der Waals surface area contributed by atoms with Crippen molar-refractivity contribution in [3.05, 3.63) is 31.3 Å². The Kier molecular flexibility index (Phi) is 4.75. The summed E-state index contributed by atoms with van der Waals surface area (Å²) >= 11 is 1.34. The number of carbonyl (C=O) groups is 1. The zero-order valence-corrected chi connectivity index (χ0v) is 18.1. The number of primary amides is 1. The largest absolute Gasteiger partial charge is 0.375 e. The fourth-order valence-electron chi connectivity index (χ4n) is 4.41. The quantitative estimate of drug-likeness (QED) is 0.812. The molecule has 8 nitrogen and oxygen atoms in total. The summed E-state index contributed by atoms with van der Waals surface area (Å²) in [5, 5.41) is 0.520. The highest BCUT2D eigenvalue weighted by atomic mass is 32.1. The standard InChI is InChI=1S/C20H27N3O5S/c1-19(2)7-11(5-6-27-19)23-16(25)15-12-8-20(3,4)28-10-13(12)29-17(15)22(18(23)26)9-14(21)24/h11H,5-10H2,1-4H3,(H2,21,24)/t11-/m1/s1. The second-order valence-electron chi connectivity index (χ2n) is 9.17. The molecule has 4 rings (SSSR count). The van der Waals surface area contributed by atoms with Gasteiger partial charge in [-0.25, -0.2) is 4.79 Å². The maximum atomic E-state index is 13.6. The van der Waals surface area contributed by atoms with Gasteiger partial charge in [0.2, 0.25) is 5.91 Å². The number of amides is 1. The molecule has 0 aromatic carbocycles. The maximum Gasteiger partial charge on any atom is 0.332 e. The molecule has 158 valence electrons. The van der Waals surface area contributed by atoms with Crippen molar-refractivity contribution in [2.45, 2.75) is 77.4 Å². The third-order valence-electron chi connectivity index (χ3n) is 5.73. The van der Waals surface area contributed by atoms with Crippen LogP contribution in [-0.4, -0.2) is 32.9 Å². The zero-order valence-electron chi connectivity index (χ0n) is 17.2. The number of carbonyl (C=O) groups excluding carboxylic acids is 1. The maximum absolute atomic E-state index is 13.6. The van der Waals surface area contributed by atoms with Crippen LogP contribution in [0.1, 0.15) is 57.0 Å². The molecule has 2 aromatic heterocycles. The van der Waals surface area contributed by atoms with E-state index in [9.17, 15) is 14.4 Å². The lowest BCUT2D eigenvalue weighted by Crippen LogP contribution is -2.47. The minimum absolute atomic E-state index is 0.258. The monoisotopic (exact) mass is 421 g/mol. The first-order valence-electron chi connectivity index (χ1n) is 9.85. The van der Waals surface area contributed by atoms with E-state index in [1.54, 1.807) is 0 Å². The van der Waals surface area contributed by atoms with Crippen molar-refractivity contribution in [1.82, 2.24) is 9.13 Å². The molecule has 0 radical (unpaired) electrons. The average molecular weight is 422 g/mol. The summed E-state index contributed by atoms with van der Waals surface area (Å²) in [6, 6.07) is -0.286. The lowest BCUT2D eigenvalue weighted by molar-refractivity contribution is -0.118. The van der Waals surface area contributed by atoms with Crippen LogP contribution in [0, 0.1) is 0 Å². The number of nitrogens with zero attached hydrogens (tertiary/aromatic N) is 2. The van der Waals surface area contributed by atoms with Crippen LogP contribution in [0.15, 0.2) is 9.59 Å². The lowest BCUT2D eigenvalue weighted by atomic mass is 9.93. The van der Waals surface area contributed by atoms with Crippen LogP contribution in [0.2, 0.25) is 0 Å². The molecule has 1 saturated heterocycles. The highest BCUT2D eigenvalue weighted by Crippen LogP contribution is 2.38. The van der Waals surface area contributed by atoms with E-state index in [-0.39, 0.29) is 18.1 Å². The molecule has 2 aliphatic rings. The Bertz CT molecular complexity index is 1110. The zero-order chi connectivity index (χ0) is 21.1. The molecule has 0 aliphatic carbocycles. The van der Waals surface area contributed by atoms with Gasteiger partial charge in [0.25, 0.3) is 5.56 Å². The van der Waals surface area contributed by atoms with Crippen molar-refractivity contribution in [2.24, 2.45) is 5.73 Å². The van der Waals surface area contributed by atoms with Gasteiger partial charge in [0.1, 0.15) is 11.4 Å². The SMILES string of the molecule is CC1(C)Cc2c(sc3c2c(=O)n([C@@H]2CCOC(C)(C)C2)c(=O)n3CC(N)=O)CO1. The Hall–Kier alpha value is -1.97. The number of fused-ring (bicyclic) bond motifs is 3. The van der Waals surface area contributed by atoms with Crippen molar-refractivity contribution in [3.63, 3.8) is 0 Å². The molecule has 0 unspecified atom stereocenters. The number of thiophene rings is 1. The molecule has 9 heteroatoms. The predicted molar refractivity (Wildman–Crippen MR) is 110 cm³/mol. The van der Waals surface area contributed by atoms with Crippen LogP contribution < -0.4 is 17.0 Å². The lowest BCUT2D eigenvalue weighted by Gasteiger charge is -2.36. The highest BCUT2D eigenvalue weighted by Gasteiger charge is 2.35. The summed E-state index contributed by atoms with van der Waals surface area (Å²) < 4.78 is 14.3. The minimum atomic E-state index is -0.617. The molecule has 2 aromatic rings. The van der Waals surface area contributed by atoms with Crippen molar-refractivity contribution in [2.75, 3.05) is 6.61 Å². The summed E-state index contributed by atoms with van der Waals surface area (Å²) in [6.07, 6.45) is 1.69. The van der Waals surface area contributed by atoms with Crippen LogP contribution in [0.3, 0.4) is 0 Å². The van der Waals surface area contributed by atoms with Gasteiger partial charge in [-0.15, -0.1) is 11.3 Å². The number of nitrogens with two attached hydrogens (primary N) is 1. The first-order chi connectivity index (χ1) is 13.5. The molecule has 0 saturated carbocycles. The van der Waals surface area contributed by atoms with Crippen molar-refractivity contribution >= 4 is 27.5 Å². The van der Waals surface area contributed by atoms with Crippen molar-refractivity contribution < 1.29 is 14.3 Å². The predicted octanol–water partition coefficient (Wildman–Crippen LogP) is 1.69. The molecule has 0 spiro atoms. The molecule has 2 aliphatic heterocycles. The van der Waals surface area contributed by atoms with Gasteiger partial charge in [-0.3, -0.25) is 18.7 Å². The van der Waals surface area contributed by atoms with Crippen LogP contribution in [0.5, 0.6) is 0 Å². The first kappa shape index (κ1) is 20.3. The summed E-state index contributed by atoms with van der Waals surface area (Å²) in [4.78, 5) is 40.1. The summed E-state index contributed by atoms with van der Waals surface area (Å²) in [6.45, 7) is 8.48. The molecular formula is C20H27N3O5S. The van der Waals surface area contributed by atoms with E-state index in [1.807, 2.05) is 27.7 Å². The number of aromatic nitrogens is 2. The number of hydrogen-bond acceptors (Lipinski definition) is 6. The molecule has 2 N–H and O–H groups in total. The molecule has 0 bridgehead atoms. The fourth-order valence-corrected chi connectivity index (χ4v) is 5.63. The highest BCUT2D eigenvalue weighted by molar-refractivity contribution is 7.18. The van der Waals surface area contributed by atoms with E-state index in [2.05, 4.69) is 0 Å². The van der Waals surface area contributed by atoms with Gasteiger partial charge >= 0.3 is 5.69 Å². The Morgan fingerprint density at radius 3 is 2.59 bits per heavy atom. The summed E-state index contributed by atoms with van der Waals surface area (Å²) in [7, 11) is 0. The second-order valence-corrected chi connectivity index (χ2v) is 10.3. The van der Waals surface area contributed by atoms with E-state index in [4.69, 9.17) is 15.2 Å². The van der Waals surface area contributed by atoms with Gasteiger partial charge in [0.15, 0.2) is 0 Å². The number of hydrogen-bond donors (Lipinski definition) is 1. The van der Waals surface area contributed by atoms with Crippen LogP contribution in [-0.2, 0) is 33.8 Å². The fraction of sp³-hybridized carbons (Fsp3) is 0.650. The van der Waals surface area contributed by atoms with Crippen molar-refractivity contribution in [1.29, 1.82) is 0 Å². The molecular weight excluding hydrogens is 394 g/mol. The topological polar surface area (TPSA) is 106 Å². The Morgan fingerprint density at radius 1 is 1.21 bits per heavy atom. The number of rotatable bonds is 3. The third-order valence-corrected chi connectivity index (χ3v) is 6.96. The molecule has 1 atom stereocenters. The van der Waals surface area contributed by atoms with Gasteiger partial charge in [0.05, 0.1) is 23.2 Å². The van der Waals surface area contributed by atoms with Crippen LogP contribution in [0.4, 0.5) is 0 Å². The van der Waals surface area contributed by atoms with E-state index in [0.717, 1.165) is 10.4 Å². The normalized spacial score (nSPS) is 23.1. The summed E-state index contributed by atoms with van der Waals surface area (Å²) in [5.41, 5.74) is 4.75. The summed E-state index contributed by atoms with van der Waals surface area (Å²) in [5.74, 6) is -0.617. The van der Waals surface area contributed by atoms with Gasteiger partial charge in [-0.2, -0.15) is 0 Å². The third kappa shape index (κ3) is 3.55. The smallest absolute Gasteiger partial charge is 0.332 e. The van der Waals surface area contributed by atoms with E-state index >= 15 is 0 Å². The number of ether oxygens (including phenoxy) is 2. The minimum Gasteiger partial charge on any atom is -0.375 e. The van der Waals surface area contributed by atoms with Gasteiger partial charge in [-0.05, 0) is 46.1 Å². The Morgan fingerprint density at radius 2 is 1.93 bits per heavy atom. The van der Waals surface area contributed by atoms with Crippen LogP contribution in [0.25, 0.3) is 10.2 Å². The van der Waals surface area contributed by atoms with Gasteiger partial charge < -0.3 is 15.2 Å². The van der Waals surface area contributed by atoms with Crippen molar-refractivity contribution in [3.8, 4) is 0 Å². The second kappa shape index (κ2) is 6.78. The molecule has 4 heterocycles. The van der Waals surface area contributed by atoms with Gasteiger partial charge in [0, 0.05) is 23.9 Å². The van der Waals surface area contributed by atoms with Gasteiger partial charge in [-0.1, -0.05) is 0 Å². The molecule has 1 fully saturated rings. The molecule has 29 heavy (non-hydrogen) atoms. The molecule has 1 amide bonds. The van der Waals surface area contributed by atoms with E-state index < -0.39 is 22.8 Å².